The van der Waals surface area contributed by atoms with Gasteiger partial charge in [0.2, 0.25) is 5.60 Å². The second-order valence-electron chi connectivity index (χ2n) is 18.6. The fraction of sp³-hybridized carbons (Fsp3) is 0.682. The van der Waals surface area contributed by atoms with Crippen molar-refractivity contribution in [1.29, 1.82) is 0 Å². The fourth-order valence-corrected chi connectivity index (χ4v) is 14.1. The van der Waals surface area contributed by atoms with E-state index in [4.69, 9.17) is 56.5 Å². The van der Waals surface area contributed by atoms with E-state index in [-0.39, 0.29) is 18.4 Å². The molecular weight excluding hydrogens is 864 g/mol. The summed E-state index contributed by atoms with van der Waals surface area (Å²) in [5.74, 6) is -14.0. The summed E-state index contributed by atoms with van der Waals surface area (Å²) in [4.78, 5) is 111. The Kier molecular flexibility index (Phi) is 10.2. The SMILES string of the molecule is CC/C(O)=C1\C(=O)O[C@@H]2[C@@]3(OC(C)=O)[C@@H](OC(C)=O)[C@]4(C)C[C@]35OC3(C)O[C@]26[C@H]1[C@](C)([C@H](OC(C)=O)c1ccoc1)[C@@H](OC(C)=O)[C@@H](OC(C)=O)[C@]6(O3)[C@]5(COC(C)=O)[C@H]4CC(=O)OC. The molecule has 7 fully saturated rings. The van der Waals surface area contributed by atoms with Gasteiger partial charge in [-0.05, 0) is 18.4 Å². The molecule has 4 bridgehead atoms. The maximum atomic E-state index is 15.3. The molecular formula is C44H52O21. The number of furan rings is 1. The van der Waals surface area contributed by atoms with E-state index in [1.807, 2.05) is 0 Å². The number of aliphatic hydroxyl groups is 1. The van der Waals surface area contributed by atoms with Crippen LogP contribution in [0.2, 0.25) is 0 Å². The second kappa shape index (κ2) is 14.5. The van der Waals surface area contributed by atoms with Gasteiger partial charge < -0.3 is 61.6 Å². The quantitative estimate of drug-likeness (QED) is 0.137. The highest BCUT2D eigenvalue weighted by molar-refractivity contribution is 5.93. The summed E-state index contributed by atoms with van der Waals surface area (Å²) < 4.78 is 77.0. The van der Waals surface area contributed by atoms with Crippen molar-refractivity contribution in [3.8, 4) is 0 Å². The van der Waals surface area contributed by atoms with Gasteiger partial charge in [0.1, 0.15) is 24.1 Å². The molecule has 1 N–H and O–H groups in total. The molecule has 21 heteroatoms. The molecule has 65 heavy (non-hydrogen) atoms. The monoisotopic (exact) mass is 916 g/mol. The van der Waals surface area contributed by atoms with Crippen molar-refractivity contribution >= 4 is 47.8 Å². The molecule has 15 atom stereocenters. The van der Waals surface area contributed by atoms with Crippen LogP contribution in [0.3, 0.4) is 0 Å². The highest BCUT2D eigenvalue weighted by Gasteiger charge is 3.09. The lowest BCUT2D eigenvalue weighted by atomic mass is 9.31. The zero-order valence-electron chi connectivity index (χ0n) is 37.7. The van der Waals surface area contributed by atoms with Crippen LogP contribution in [-0.2, 0) is 90.5 Å². The largest absolute Gasteiger partial charge is 0.512 e. The average molecular weight is 917 g/mol. The van der Waals surface area contributed by atoms with Crippen molar-refractivity contribution in [1.82, 2.24) is 0 Å². The zero-order chi connectivity index (χ0) is 47.8. The Morgan fingerprint density at radius 3 is 2.03 bits per heavy atom. The minimum atomic E-state index is -2.64. The van der Waals surface area contributed by atoms with E-state index in [0.29, 0.717) is 0 Å². The number of aliphatic hydroxyl groups excluding tert-OH is 1. The molecule has 4 saturated carbocycles. The molecule has 8 rings (SSSR count). The summed E-state index contributed by atoms with van der Waals surface area (Å²) in [5.41, 5.74) is -16.7. The number of ether oxygens (including phenoxy) is 11. The predicted octanol–water partition coefficient (Wildman–Crippen LogP) is 2.90. The molecule has 0 amide bonds. The van der Waals surface area contributed by atoms with Crippen LogP contribution in [0.1, 0.15) is 100 Å². The van der Waals surface area contributed by atoms with Gasteiger partial charge in [0.25, 0.3) is 5.97 Å². The van der Waals surface area contributed by atoms with Gasteiger partial charge >= 0.3 is 47.8 Å². The van der Waals surface area contributed by atoms with Crippen LogP contribution >= 0.6 is 0 Å². The van der Waals surface area contributed by atoms with Crippen LogP contribution in [0.4, 0.5) is 0 Å². The Balaban J connectivity index is 1.68. The molecule has 0 aromatic carbocycles. The highest BCUT2D eigenvalue weighted by Crippen LogP contribution is 2.91. The molecule has 1 aromatic rings. The lowest BCUT2D eigenvalue weighted by Crippen LogP contribution is -2.99. The molecule has 4 aliphatic carbocycles. The number of carbonyl (C=O) groups excluding carboxylic acids is 8. The smallest absolute Gasteiger partial charge is 0.338 e. The Labute approximate surface area is 371 Å². The second-order valence-corrected chi connectivity index (χ2v) is 18.6. The van der Waals surface area contributed by atoms with Gasteiger partial charge in [-0.25, -0.2) is 4.79 Å². The minimum Gasteiger partial charge on any atom is -0.512 e. The van der Waals surface area contributed by atoms with E-state index in [2.05, 4.69) is 0 Å². The third kappa shape index (κ3) is 5.36. The summed E-state index contributed by atoms with van der Waals surface area (Å²) in [6.07, 6.45) is -8.19. The summed E-state index contributed by atoms with van der Waals surface area (Å²) >= 11 is 0. The summed E-state index contributed by atoms with van der Waals surface area (Å²) in [5, 5.41) is 12.2. The first-order valence-electron chi connectivity index (χ1n) is 21.1. The van der Waals surface area contributed by atoms with E-state index in [0.717, 1.165) is 48.7 Å². The van der Waals surface area contributed by atoms with E-state index >= 15 is 4.79 Å². The van der Waals surface area contributed by atoms with Crippen LogP contribution in [0.15, 0.2) is 34.3 Å². The van der Waals surface area contributed by atoms with Gasteiger partial charge in [-0.2, -0.15) is 0 Å². The van der Waals surface area contributed by atoms with E-state index in [1.165, 1.54) is 39.4 Å². The summed E-state index contributed by atoms with van der Waals surface area (Å²) in [6.45, 7) is 11.5. The molecule has 1 unspecified atom stereocenters. The van der Waals surface area contributed by atoms with Gasteiger partial charge in [0, 0.05) is 78.2 Å². The van der Waals surface area contributed by atoms with Gasteiger partial charge in [-0.1, -0.05) is 20.8 Å². The van der Waals surface area contributed by atoms with Crippen molar-refractivity contribution in [3.63, 3.8) is 0 Å². The molecule has 7 aliphatic rings. The number of methoxy groups -OCH3 is 1. The number of hydrogen-bond acceptors (Lipinski definition) is 21. The summed E-state index contributed by atoms with van der Waals surface area (Å²) in [7, 11) is 1.13. The van der Waals surface area contributed by atoms with Crippen molar-refractivity contribution in [2.24, 2.45) is 28.1 Å². The van der Waals surface area contributed by atoms with Crippen LogP contribution in [0.25, 0.3) is 0 Å². The molecule has 354 valence electrons. The molecule has 21 nitrogen and oxygen atoms in total. The Bertz CT molecular complexity index is 2320. The number of fused-ring (bicyclic) bond motifs is 3. The molecule has 3 saturated heterocycles. The molecule has 3 spiro atoms. The highest BCUT2D eigenvalue weighted by atomic mass is 16.9. The normalized spacial score (nSPS) is 43.3. The van der Waals surface area contributed by atoms with E-state index in [9.17, 15) is 38.7 Å². The van der Waals surface area contributed by atoms with Gasteiger partial charge in [0.05, 0.1) is 36.0 Å². The third-order valence-electron chi connectivity index (χ3n) is 15.1. The first kappa shape index (κ1) is 46.0. The molecule has 1 aromatic heterocycles. The first-order chi connectivity index (χ1) is 30.3. The third-order valence-corrected chi connectivity index (χ3v) is 15.1. The van der Waals surface area contributed by atoms with Crippen LogP contribution in [0.5, 0.6) is 0 Å². The minimum absolute atomic E-state index is 0.108. The Morgan fingerprint density at radius 2 is 1.49 bits per heavy atom. The molecule has 0 radical (unpaired) electrons. The maximum Gasteiger partial charge on any atom is 0.338 e. The topological polar surface area (TPSA) is 271 Å². The lowest BCUT2D eigenvalue weighted by molar-refractivity contribution is -0.496. The number of rotatable bonds is 12. The molecule has 4 heterocycles. The van der Waals surface area contributed by atoms with E-state index < -0.39 is 159 Å². The van der Waals surface area contributed by atoms with Gasteiger partial charge in [-0.3, -0.25) is 33.6 Å². The average Bonchev–Trinajstić information content (AvgIpc) is 3.90. The fourth-order valence-electron chi connectivity index (χ4n) is 14.1. The number of hydrogen-bond donors (Lipinski definition) is 1. The van der Waals surface area contributed by atoms with Crippen molar-refractivity contribution in [2.45, 2.75) is 147 Å². The van der Waals surface area contributed by atoms with Crippen molar-refractivity contribution in [2.75, 3.05) is 13.7 Å². The number of carbonyl (C=O) groups is 8. The Morgan fingerprint density at radius 1 is 0.846 bits per heavy atom. The van der Waals surface area contributed by atoms with Crippen molar-refractivity contribution in [3.05, 3.63) is 35.5 Å². The van der Waals surface area contributed by atoms with Crippen LogP contribution < -0.4 is 0 Å². The molecule has 3 aliphatic heterocycles. The zero-order valence-corrected chi connectivity index (χ0v) is 37.7. The lowest BCUT2D eigenvalue weighted by Gasteiger charge is -2.79. The van der Waals surface area contributed by atoms with Crippen LogP contribution in [0, 0.1) is 28.1 Å². The maximum absolute atomic E-state index is 15.3. The standard InChI is InChI=1S/C44H52O21/c1-12-26(51)29-30-38(9,31(57-20(3)46)25-13-14-55-16-25)32(58-21(4)47)33(59-22(5)48)44-40(18-56-19(2)45)27(15-28(52)54-11)37(8)17-41(40)43(62-24(7)50,35(37)60-23(6)49)36(61-34(29)53)42(30,44)64-39(10,63-41)65-44/h13-14,16,27,30-33,35-36,51H,12,15,17-18H2,1-11H3/b29-26+/t27-,30+,31+,32-,33+,35-,36-,37+,38+,39?,40+,41+,42+,43-,44-/m0/s1. The van der Waals surface area contributed by atoms with Crippen LogP contribution in [-0.4, -0.2) is 119 Å². The Hall–Kier alpha value is -5.54. The van der Waals surface area contributed by atoms with Gasteiger partial charge in [0.15, 0.2) is 35.6 Å². The summed E-state index contributed by atoms with van der Waals surface area (Å²) in [6, 6.07) is 1.43. The van der Waals surface area contributed by atoms with Gasteiger partial charge in [-0.15, -0.1) is 0 Å². The van der Waals surface area contributed by atoms with Crippen molar-refractivity contribution < 1.29 is 100.0 Å². The first-order valence-corrected chi connectivity index (χ1v) is 21.1. The predicted molar refractivity (Wildman–Crippen MR) is 208 cm³/mol. The van der Waals surface area contributed by atoms with E-state index in [1.54, 1.807) is 6.92 Å². The number of esters is 8. The number of allylic oxidation sites excluding steroid dienone is 1.